The summed E-state index contributed by atoms with van der Waals surface area (Å²) in [4.78, 5) is 4.63. The third-order valence-electron chi connectivity index (χ3n) is 3.28. The second kappa shape index (κ2) is 6.43. The summed E-state index contributed by atoms with van der Waals surface area (Å²) < 4.78 is 10.7. The van der Waals surface area contributed by atoms with Crippen LogP contribution in [0.4, 0.5) is 0 Å². The quantitative estimate of drug-likeness (QED) is 0.857. The van der Waals surface area contributed by atoms with Gasteiger partial charge in [0.05, 0.1) is 5.69 Å². The average Bonchev–Trinajstić information content (AvgIpc) is 3.15. The van der Waals surface area contributed by atoms with Crippen molar-refractivity contribution in [3.63, 3.8) is 0 Å². The fourth-order valence-electron chi connectivity index (χ4n) is 2.06. The number of rotatable bonds is 6. The van der Waals surface area contributed by atoms with E-state index in [4.69, 9.17) is 14.6 Å². The van der Waals surface area contributed by atoms with Crippen LogP contribution in [-0.4, -0.2) is 30.0 Å². The lowest BCUT2D eigenvalue weighted by Crippen LogP contribution is -2.22. The first-order valence-electron chi connectivity index (χ1n) is 6.92. The van der Waals surface area contributed by atoms with Gasteiger partial charge in [0.1, 0.15) is 5.01 Å². The number of nitrogens with one attached hydrogen (secondary N) is 1. The molecule has 2 aromatic rings. The van der Waals surface area contributed by atoms with Crippen LogP contribution in [0.1, 0.15) is 12.6 Å². The van der Waals surface area contributed by atoms with Crippen LogP contribution in [0.25, 0.3) is 10.6 Å². The van der Waals surface area contributed by atoms with Gasteiger partial charge in [-0.3, -0.25) is 0 Å². The van der Waals surface area contributed by atoms with Crippen LogP contribution in [0.2, 0.25) is 0 Å². The van der Waals surface area contributed by atoms with Crippen LogP contribution in [0.15, 0.2) is 23.6 Å². The number of benzene rings is 1. The van der Waals surface area contributed by atoms with E-state index >= 15 is 0 Å². The molecule has 0 radical (unpaired) electrons. The largest absolute Gasteiger partial charge is 0.454 e. The van der Waals surface area contributed by atoms with Gasteiger partial charge >= 0.3 is 0 Å². The van der Waals surface area contributed by atoms with Crippen LogP contribution in [0.3, 0.4) is 0 Å². The molecule has 21 heavy (non-hydrogen) atoms. The highest BCUT2D eigenvalue weighted by Gasteiger charge is 2.15. The summed E-state index contributed by atoms with van der Waals surface area (Å²) >= 11 is 1.62. The van der Waals surface area contributed by atoms with Crippen LogP contribution >= 0.6 is 11.3 Å². The lowest BCUT2D eigenvalue weighted by atomic mass is 10.2. The summed E-state index contributed by atoms with van der Waals surface area (Å²) in [5.41, 5.74) is 2.05. The van der Waals surface area contributed by atoms with Gasteiger partial charge in [0.25, 0.3) is 0 Å². The summed E-state index contributed by atoms with van der Waals surface area (Å²) in [6, 6.07) is 5.88. The van der Waals surface area contributed by atoms with Crippen molar-refractivity contribution in [3.8, 4) is 22.1 Å². The SMILES string of the molecule is CC(CO)CNCc1csc(-c2ccc3c(c2)OCO3)n1. The predicted octanol–water partition coefficient (Wildman–Crippen LogP) is 2.26. The number of ether oxygens (including phenoxy) is 2. The lowest BCUT2D eigenvalue weighted by molar-refractivity contribution is 0.174. The van der Waals surface area contributed by atoms with Crippen molar-refractivity contribution in [2.75, 3.05) is 19.9 Å². The van der Waals surface area contributed by atoms with Gasteiger partial charge in [-0.1, -0.05) is 6.92 Å². The Labute approximate surface area is 127 Å². The highest BCUT2D eigenvalue weighted by atomic mass is 32.1. The molecule has 0 amide bonds. The zero-order valence-corrected chi connectivity index (χ0v) is 12.7. The van der Waals surface area contributed by atoms with E-state index in [9.17, 15) is 0 Å². The van der Waals surface area contributed by atoms with Gasteiger partial charge in [0.2, 0.25) is 6.79 Å². The molecule has 2 N–H and O–H groups in total. The van der Waals surface area contributed by atoms with E-state index < -0.39 is 0 Å². The molecule has 6 heteroatoms. The van der Waals surface area contributed by atoms with Crippen LogP contribution in [-0.2, 0) is 6.54 Å². The zero-order chi connectivity index (χ0) is 14.7. The zero-order valence-electron chi connectivity index (χ0n) is 11.8. The fraction of sp³-hybridized carbons (Fsp3) is 0.400. The molecule has 1 aromatic carbocycles. The number of hydrogen-bond acceptors (Lipinski definition) is 6. The number of thiazole rings is 1. The smallest absolute Gasteiger partial charge is 0.231 e. The Hall–Kier alpha value is -1.63. The molecule has 1 unspecified atom stereocenters. The van der Waals surface area contributed by atoms with Gasteiger partial charge in [0, 0.05) is 30.6 Å². The van der Waals surface area contributed by atoms with E-state index in [1.54, 1.807) is 11.3 Å². The summed E-state index contributed by atoms with van der Waals surface area (Å²) in [5.74, 6) is 1.83. The first-order valence-corrected chi connectivity index (χ1v) is 7.80. The summed E-state index contributed by atoms with van der Waals surface area (Å²) in [5, 5.41) is 15.3. The van der Waals surface area contributed by atoms with E-state index in [0.29, 0.717) is 6.54 Å². The Balaban J connectivity index is 1.64. The Kier molecular flexibility index (Phi) is 4.38. The van der Waals surface area contributed by atoms with Crippen molar-refractivity contribution in [2.45, 2.75) is 13.5 Å². The summed E-state index contributed by atoms with van der Waals surface area (Å²) in [7, 11) is 0. The Morgan fingerprint density at radius 1 is 1.38 bits per heavy atom. The van der Waals surface area contributed by atoms with Gasteiger partial charge in [-0.15, -0.1) is 11.3 Å². The second-order valence-electron chi connectivity index (χ2n) is 5.13. The number of hydrogen-bond donors (Lipinski definition) is 2. The first kappa shape index (κ1) is 14.3. The van der Waals surface area contributed by atoms with E-state index in [1.165, 1.54) is 0 Å². The standard InChI is InChI=1S/C15H18N2O3S/c1-10(7-18)5-16-6-12-8-21-15(17-12)11-2-3-13-14(4-11)20-9-19-13/h2-4,8,10,16,18H,5-7,9H2,1H3. The molecular formula is C15H18N2O3S. The van der Waals surface area contributed by atoms with Crippen molar-refractivity contribution in [1.29, 1.82) is 0 Å². The lowest BCUT2D eigenvalue weighted by Gasteiger charge is -2.07. The molecule has 2 heterocycles. The maximum absolute atomic E-state index is 8.99. The molecule has 0 saturated carbocycles. The number of fused-ring (bicyclic) bond motifs is 1. The molecule has 0 fully saturated rings. The van der Waals surface area contributed by atoms with Crippen molar-refractivity contribution in [1.82, 2.24) is 10.3 Å². The molecule has 0 bridgehead atoms. The first-order chi connectivity index (χ1) is 10.3. The molecule has 0 saturated heterocycles. The molecular weight excluding hydrogens is 288 g/mol. The highest BCUT2D eigenvalue weighted by molar-refractivity contribution is 7.13. The Morgan fingerprint density at radius 2 is 2.24 bits per heavy atom. The Morgan fingerprint density at radius 3 is 3.10 bits per heavy atom. The number of aliphatic hydroxyl groups excluding tert-OH is 1. The minimum Gasteiger partial charge on any atom is -0.454 e. The monoisotopic (exact) mass is 306 g/mol. The molecule has 112 valence electrons. The third-order valence-corrected chi connectivity index (χ3v) is 4.22. The minimum atomic E-state index is 0.201. The summed E-state index contributed by atoms with van der Waals surface area (Å²) in [6.07, 6.45) is 0. The van der Waals surface area contributed by atoms with Crippen LogP contribution in [0, 0.1) is 5.92 Å². The van der Waals surface area contributed by atoms with Crippen molar-refractivity contribution < 1.29 is 14.6 Å². The topological polar surface area (TPSA) is 63.6 Å². The van der Waals surface area contributed by atoms with E-state index in [2.05, 4.69) is 15.7 Å². The van der Waals surface area contributed by atoms with E-state index in [0.717, 1.165) is 34.3 Å². The number of aliphatic hydroxyl groups is 1. The molecule has 1 aliphatic rings. The van der Waals surface area contributed by atoms with Crippen molar-refractivity contribution >= 4 is 11.3 Å². The average molecular weight is 306 g/mol. The van der Waals surface area contributed by atoms with Gasteiger partial charge in [-0.2, -0.15) is 0 Å². The second-order valence-corrected chi connectivity index (χ2v) is 5.99. The molecule has 5 nitrogen and oxygen atoms in total. The van der Waals surface area contributed by atoms with E-state index in [1.807, 2.05) is 25.1 Å². The van der Waals surface area contributed by atoms with Gasteiger partial charge in [0.15, 0.2) is 11.5 Å². The highest BCUT2D eigenvalue weighted by Crippen LogP contribution is 2.36. The summed E-state index contributed by atoms with van der Waals surface area (Å²) in [6.45, 7) is 3.99. The van der Waals surface area contributed by atoms with E-state index in [-0.39, 0.29) is 19.3 Å². The van der Waals surface area contributed by atoms with Gasteiger partial charge < -0.3 is 19.9 Å². The molecule has 1 aliphatic heterocycles. The van der Waals surface area contributed by atoms with Crippen LogP contribution in [0.5, 0.6) is 11.5 Å². The maximum atomic E-state index is 8.99. The molecule has 0 aliphatic carbocycles. The van der Waals surface area contributed by atoms with Gasteiger partial charge in [-0.25, -0.2) is 4.98 Å². The number of nitrogens with zero attached hydrogens (tertiary/aromatic N) is 1. The molecule has 0 spiro atoms. The normalized spacial score (nSPS) is 14.4. The number of aromatic nitrogens is 1. The fourth-order valence-corrected chi connectivity index (χ4v) is 2.88. The van der Waals surface area contributed by atoms with Crippen LogP contribution < -0.4 is 14.8 Å². The third kappa shape index (κ3) is 3.34. The van der Waals surface area contributed by atoms with Crippen molar-refractivity contribution in [2.24, 2.45) is 5.92 Å². The van der Waals surface area contributed by atoms with Crippen molar-refractivity contribution in [3.05, 3.63) is 29.3 Å². The molecule has 1 aromatic heterocycles. The molecule has 3 rings (SSSR count). The maximum Gasteiger partial charge on any atom is 0.231 e. The predicted molar refractivity (Wildman–Crippen MR) is 81.6 cm³/mol. The Bertz CT molecular complexity index is 615. The van der Waals surface area contributed by atoms with Gasteiger partial charge in [-0.05, 0) is 24.1 Å². The minimum absolute atomic E-state index is 0.201. The molecule has 1 atom stereocenters.